The normalized spacial score (nSPS) is 9.79. The number of aromatic nitrogens is 1. The highest BCUT2D eigenvalue weighted by Gasteiger charge is 2.03. The van der Waals surface area contributed by atoms with Crippen LogP contribution in [0.15, 0.2) is 30.5 Å². The van der Waals surface area contributed by atoms with E-state index in [2.05, 4.69) is 4.98 Å². The van der Waals surface area contributed by atoms with Crippen molar-refractivity contribution in [2.75, 3.05) is 0 Å². The molecule has 2 rings (SSSR count). The molecule has 0 aliphatic heterocycles. The van der Waals surface area contributed by atoms with Crippen LogP contribution in [0.5, 0.6) is 5.75 Å². The van der Waals surface area contributed by atoms with Crippen LogP contribution < -0.4 is 12.4 Å². The van der Waals surface area contributed by atoms with Crippen LogP contribution in [0, 0.1) is 0 Å². The summed E-state index contributed by atoms with van der Waals surface area (Å²) in [6.45, 7) is 0. The van der Waals surface area contributed by atoms with Crippen LogP contribution in [0.2, 0.25) is 0 Å². The molecule has 0 unspecified atom stereocenters. The molecule has 2 nitrogen and oxygen atoms in total. The van der Waals surface area contributed by atoms with Crippen LogP contribution in [-0.2, 0) is 5.88 Å². The molecule has 0 fully saturated rings. The van der Waals surface area contributed by atoms with E-state index in [-0.39, 0.29) is 18.2 Å². The molecule has 0 saturated heterocycles. The predicted molar refractivity (Wildman–Crippen MR) is 53.0 cm³/mol. The van der Waals surface area contributed by atoms with Gasteiger partial charge in [0, 0.05) is 17.5 Å². The highest BCUT2D eigenvalue weighted by molar-refractivity contribution is 6.18. The minimum absolute atomic E-state index is 0. The molecule has 74 valence electrons. The maximum absolute atomic E-state index is 9.49. The average molecular weight is 229 g/mol. The summed E-state index contributed by atoms with van der Waals surface area (Å²) >= 11 is 5.75. The standard InChI is InChI=1S/C10H8ClNO.ClH/c11-6-7-3-4-9(13)10-8(7)2-1-5-12-10;/h1-5,13H,6H2;1H/p-1. The van der Waals surface area contributed by atoms with Gasteiger partial charge in [-0.2, -0.15) is 0 Å². The van der Waals surface area contributed by atoms with Crippen LogP contribution in [0.4, 0.5) is 0 Å². The van der Waals surface area contributed by atoms with Crippen molar-refractivity contribution in [3.8, 4) is 5.75 Å². The Morgan fingerprint density at radius 3 is 2.79 bits per heavy atom. The molecule has 0 radical (unpaired) electrons. The first-order valence-electron chi connectivity index (χ1n) is 3.94. The van der Waals surface area contributed by atoms with Crippen molar-refractivity contribution >= 4 is 22.5 Å². The van der Waals surface area contributed by atoms with Gasteiger partial charge in [-0.1, -0.05) is 12.1 Å². The summed E-state index contributed by atoms with van der Waals surface area (Å²) in [5, 5.41) is 10.4. The third-order valence-electron chi connectivity index (χ3n) is 1.98. The fourth-order valence-corrected chi connectivity index (χ4v) is 1.57. The lowest BCUT2D eigenvalue weighted by molar-refractivity contribution is -0.00000354. The quantitative estimate of drug-likeness (QED) is 0.680. The number of phenols is 1. The van der Waals surface area contributed by atoms with Gasteiger partial charge in [-0.3, -0.25) is 4.98 Å². The van der Waals surface area contributed by atoms with Crippen LogP contribution >= 0.6 is 11.6 Å². The summed E-state index contributed by atoms with van der Waals surface area (Å²) in [5.41, 5.74) is 1.60. The second-order valence-corrected chi connectivity index (χ2v) is 3.04. The number of rotatable bonds is 1. The zero-order valence-electron chi connectivity index (χ0n) is 7.24. The summed E-state index contributed by atoms with van der Waals surface area (Å²) in [6, 6.07) is 7.16. The van der Waals surface area contributed by atoms with Crippen molar-refractivity contribution in [3.63, 3.8) is 0 Å². The number of fused-ring (bicyclic) bond motifs is 1. The number of phenolic OH excluding ortho intramolecular Hbond substituents is 1. The Hall–Kier alpha value is -0.990. The number of benzene rings is 1. The van der Waals surface area contributed by atoms with Crippen molar-refractivity contribution in [3.05, 3.63) is 36.0 Å². The molecular weight excluding hydrogens is 221 g/mol. The van der Waals surface area contributed by atoms with Gasteiger partial charge < -0.3 is 17.5 Å². The van der Waals surface area contributed by atoms with E-state index >= 15 is 0 Å². The first kappa shape index (κ1) is 11.1. The molecule has 1 aromatic heterocycles. The second-order valence-electron chi connectivity index (χ2n) is 2.78. The van der Waals surface area contributed by atoms with Gasteiger partial charge in [-0.05, 0) is 17.7 Å². The summed E-state index contributed by atoms with van der Waals surface area (Å²) in [7, 11) is 0. The lowest BCUT2D eigenvalue weighted by atomic mass is 10.1. The molecule has 0 aliphatic carbocycles. The maximum Gasteiger partial charge on any atom is 0.141 e. The Morgan fingerprint density at radius 1 is 1.29 bits per heavy atom. The monoisotopic (exact) mass is 228 g/mol. The third kappa shape index (κ3) is 1.76. The van der Waals surface area contributed by atoms with Crippen molar-refractivity contribution < 1.29 is 17.5 Å². The smallest absolute Gasteiger partial charge is 0.141 e. The van der Waals surface area contributed by atoms with E-state index in [4.69, 9.17) is 11.6 Å². The van der Waals surface area contributed by atoms with Crippen molar-refractivity contribution in [2.45, 2.75) is 5.88 Å². The van der Waals surface area contributed by atoms with Crippen molar-refractivity contribution in [1.29, 1.82) is 0 Å². The minimum atomic E-state index is 0. The SMILES string of the molecule is Oc1ccc(CCl)c2cccnc12.[Cl-]. The Labute approximate surface area is 92.9 Å². The number of halogens is 2. The van der Waals surface area contributed by atoms with Crippen LogP contribution in [-0.4, -0.2) is 10.1 Å². The molecule has 0 atom stereocenters. The maximum atomic E-state index is 9.49. The van der Waals surface area contributed by atoms with Gasteiger partial charge >= 0.3 is 0 Å². The average Bonchev–Trinajstić information content (AvgIpc) is 2.19. The lowest BCUT2D eigenvalue weighted by Gasteiger charge is -2.03. The van der Waals surface area contributed by atoms with Crippen molar-refractivity contribution in [1.82, 2.24) is 4.98 Å². The number of alkyl halides is 1. The summed E-state index contributed by atoms with van der Waals surface area (Å²) in [5.74, 6) is 0.632. The zero-order valence-corrected chi connectivity index (χ0v) is 8.76. The lowest BCUT2D eigenvalue weighted by Crippen LogP contribution is -3.00. The third-order valence-corrected chi connectivity index (χ3v) is 2.27. The Bertz CT molecular complexity index is 445. The minimum Gasteiger partial charge on any atom is -1.00 e. The van der Waals surface area contributed by atoms with E-state index in [1.165, 1.54) is 0 Å². The molecular formula is C10H8Cl2NO-. The van der Waals surface area contributed by atoms with Crippen LogP contribution in [0.3, 0.4) is 0 Å². The first-order valence-corrected chi connectivity index (χ1v) is 4.48. The van der Waals surface area contributed by atoms with E-state index in [1.54, 1.807) is 12.3 Å². The van der Waals surface area contributed by atoms with Gasteiger partial charge in [-0.15, -0.1) is 11.6 Å². The second kappa shape index (κ2) is 4.49. The Kier molecular flexibility index (Phi) is 3.55. The molecule has 1 aromatic carbocycles. The van der Waals surface area contributed by atoms with Gasteiger partial charge in [0.15, 0.2) is 0 Å². The van der Waals surface area contributed by atoms with Gasteiger partial charge in [0.05, 0.1) is 0 Å². The number of nitrogens with zero attached hydrogens (tertiary/aromatic N) is 1. The number of hydrogen-bond donors (Lipinski definition) is 1. The molecule has 1 heterocycles. The highest BCUT2D eigenvalue weighted by Crippen LogP contribution is 2.25. The van der Waals surface area contributed by atoms with Gasteiger partial charge in [0.25, 0.3) is 0 Å². The fraction of sp³-hybridized carbons (Fsp3) is 0.100. The molecule has 0 bridgehead atoms. The molecule has 2 aromatic rings. The van der Waals surface area contributed by atoms with Crippen molar-refractivity contribution in [2.24, 2.45) is 0 Å². The summed E-state index contributed by atoms with van der Waals surface area (Å²) < 4.78 is 0. The number of pyridine rings is 1. The van der Waals surface area contributed by atoms with E-state index in [0.29, 0.717) is 11.4 Å². The van der Waals surface area contributed by atoms with Crippen LogP contribution in [0.25, 0.3) is 10.9 Å². The fourth-order valence-electron chi connectivity index (χ4n) is 1.33. The van der Waals surface area contributed by atoms with E-state index in [9.17, 15) is 5.11 Å². The topological polar surface area (TPSA) is 33.1 Å². The van der Waals surface area contributed by atoms with E-state index < -0.39 is 0 Å². The molecule has 0 spiro atoms. The van der Waals surface area contributed by atoms with Gasteiger partial charge in [0.1, 0.15) is 11.3 Å². The first-order chi connectivity index (χ1) is 6.33. The Balaban J connectivity index is 0.000000980. The molecule has 0 amide bonds. The highest BCUT2D eigenvalue weighted by atomic mass is 35.5. The Morgan fingerprint density at radius 2 is 2.07 bits per heavy atom. The predicted octanol–water partition coefficient (Wildman–Crippen LogP) is -0.317. The molecule has 1 N–H and O–H groups in total. The molecule has 0 saturated carbocycles. The largest absolute Gasteiger partial charge is 1.00 e. The molecule has 0 aliphatic rings. The summed E-state index contributed by atoms with van der Waals surface area (Å²) in [4.78, 5) is 4.08. The van der Waals surface area contributed by atoms with Gasteiger partial charge in [0.2, 0.25) is 0 Å². The molecule has 4 heteroatoms. The zero-order chi connectivity index (χ0) is 9.26. The van der Waals surface area contributed by atoms with E-state index in [1.807, 2.05) is 18.2 Å². The van der Waals surface area contributed by atoms with E-state index in [0.717, 1.165) is 10.9 Å². The molecule has 14 heavy (non-hydrogen) atoms. The number of hydrogen-bond acceptors (Lipinski definition) is 2. The number of aromatic hydroxyl groups is 1. The van der Waals surface area contributed by atoms with Gasteiger partial charge in [-0.25, -0.2) is 0 Å². The van der Waals surface area contributed by atoms with Crippen LogP contribution in [0.1, 0.15) is 5.56 Å². The summed E-state index contributed by atoms with van der Waals surface area (Å²) in [6.07, 6.45) is 1.65.